The molecule has 0 aliphatic carbocycles. The second-order valence-electron chi connectivity index (χ2n) is 1.45. The van der Waals surface area contributed by atoms with E-state index in [1.165, 1.54) is 0 Å². The third kappa shape index (κ3) is 7.06. The molecule has 1 unspecified atom stereocenters. The van der Waals surface area contributed by atoms with Crippen LogP contribution < -0.4 is 68.9 Å². The van der Waals surface area contributed by atoms with E-state index in [9.17, 15) is 9.59 Å². The van der Waals surface area contributed by atoms with Crippen LogP contribution in [0.1, 0.15) is 6.42 Å². The zero-order valence-electron chi connectivity index (χ0n) is 5.44. The number of hydrogen-bond donors (Lipinski definition) is 3. The number of hydrogen-bond acceptors (Lipinski definition) is 3. The summed E-state index contributed by atoms with van der Waals surface area (Å²) in [5.74, 6) is -2.85. The van der Waals surface area contributed by atoms with E-state index in [1.54, 1.807) is 0 Å². The molecule has 0 saturated carbocycles. The van der Waals surface area contributed by atoms with Gasteiger partial charge < -0.3 is 15.3 Å². The van der Waals surface area contributed by atoms with E-state index in [1.807, 2.05) is 0 Å². The van der Waals surface area contributed by atoms with Crippen LogP contribution >= 0.6 is 0 Å². The van der Waals surface area contributed by atoms with Gasteiger partial charge in [-0.05, 0) is 0 Å². The van der Waals surface area contributed by atoms with Crippen molar-refractivity contribution in [3.05, 3.63) is 0 Å². The van der Waals surface area contributed by atoms with E-state index in [4.69, 9.17) is 15.3 Å². The largest absolute Gasteiger partial charge is 1.00 e. The maximum Gasteiger partial charge on any atom is 1.00 e. The van der Waals surface area contributed by atoms with Crippen LogP contribution in [0.4, 0.5) is 0 Å². The number of aliphatic carboxylic acids is 2. The molecule has 0 saturated heterocycles. The van der Waals surface area contributed by atoms with Gasteiger partial charge in [0.25, 0.3) is 0 Å². The van der Waals surface area contributed by atoms with Crippen molar-refractivity contribution in [3.63, 3.8) is 0 Å². The monoisotopic (exact) mass is 267 g/mol. The number of carbonyl (C=O) groups is 2. The Labute approximate surface area is 116 Å². The quantitative estimate of drug-likeness (QED) is 0.483. The Hall–Kier alpha value is 0.952. The van der Waals surface area contributed by atoms with Crippen LogP contribution in [-0.2, 0) is 9.59 Å². The molecule has 3 N–H and O–H groups in total. The molecule has 52 valence electrons. The summed E-state index contributed by atoms with van der Waals surface area (Å²) in [6.45, 7) is 0. The third-order valence-electron chi connectivity index (χ3n) is 0.653. The van der Waals surface area contributed by atoms with Gasteiger partial charge in [0.15, 0.2) is 6.10 Å². The van der Waals surface area contributed by atoms with Gasteiger partial charge in [-0.1, -0.05) is 0 Å². The number of aliphatic hydroxyl groups excluding tert-OH is 1. The molecule has 0 fully saturated rings. The zero-order valence-corrected chi connectivity index (χ0v) is 11.7. The maximum atomic E-state index is 9.72. The summed E-state index contributed by atoms with van der Waals surface area (Å²) < 4.78 is 0. The fraction of sp³-hybridized carbons (Fsp3) is 0.500. The minimum atomic E-state index is -1.79. The number of aliphatic hydroxyl groups is 1. The van der Waals surface area contributed by atoms with Crippen LogP contribution in [0.2, 0.25) is 0 Å². The molecule has 0 heterocycles. The Morgan fingerprint density at radius 1 is 1.30 bits per heavy atom. The topological polar surface area (TPSA) is 94.8 Å². The van der Waals surface area contributed by atoms with Gasteiger partial charge in [-0.3, -0.25) is 4.79 Å². The molecule has 6 heteroatoms. The first-order chi connectivity index (χ1) is 4.04. The summed E-state index contributed by atoms with van der Waals surface area (Å²) in [4.78, 5) is 19.4. The predicted molar refractivity (Wildman–Crippen MR) is 25.9 cm³/mol. The SMILES string of the molecule is O=C(O)CC(O)C(=O)O.[Cs+]. The van der Waals surface area contributed by atoms with Gasteiger partial charge in [0.1, 0.15) is 0 Å². The van der Waals surface area contributed by atoms with E-state index < -0.39 is 24.5 Å². The zero-order chi connectivity index (χ0) is 7.44. The van der Waals surface area contributed by atoms with E-state index in [0.29, 0.717) is 0 Å². The van der Waals surface area contributed by atoms with Gasteiger partial charge in [0.05, 0.1) is 6.42 Å². The minimum Gasteiger partial charge on any atom is -0.481 e. The predicted octanol–water partition coefficient (Wildman–Crippen LogP) is -4.09. The normalized spacial score (nSPS) is 11.3. The molecule has 1 atom stereocenters. The molecular weight excluding hydrogens is 261 g/mol. The molecule has 0 rings (SSSR count). The average molecular weight is 267 g/mol. The molecule has 5 nitrogen and oxygen atoms in total. The van der Waals surface area contributed by atoms with Gasteiger partial charge in [-0.25, -0.2) is 4.79 Å². The first-order valence-corrected chi connectivity index (χ1v) is 2.16. The summed E-state index contributed by atoms with van der Waals surface area (Å²) in [5.41, 5.74) is 0. The fourth-order valence-corrected chi connectivity index (χ4v) is 0.253. The molecule has 0 aliphatic heterocycles. The molecule has 0 aliphatic rings. The van der Waals surface area contributed by atoms with Crippen molar-refractivity contribution in [3.8, 4) is 0 Å². The smallest absolute Gasteiger partial charge is 0.481 e. The van der Waals surface area contributed by atoms with Crippen molar-refractivity contribution in [2.45, 2.75) is 12.5 Å². The third-order valence-corrected chi connectivity index (χ3v) is 0.653. The van der Waals surface area contributed by atoms with Crippen LogP contribution in [0, 0.1) is 0 Å². The summed E-state index contributed by atoms with van der Waals surface area (Å²) in [6, 6.07) is 0. The molecule has 0 amide bonds. The molecule has 10 heavy (non-hydrogen) atoms. The van der Waals surface area contributed by atoms with Crippen LogP contribution in [-0.4, -0.2) is 33.4 Å². The Morgan fingerprint density at radius 2 is 1.70 bits per heavy atom. The number of carboxylic acid groups (broad SMARTS) is 2. The van der Waals surface area contributed by atoms with Gasteiger partial charge in [0, 0.05) is 0 Å². The van der Waals surface area contributed by atoms with E-state index >= 15 is 0 Å². The summed E-state index contributed by atoms with van der Waals surface area (Å²) in [5, 5.41) is 24.1. The average Bonchev–Trinajstić information content (AvgIpc) is 1.63. The van der Waals surface area contributed by atoms with Gasteiger partial charge >= 0.3 is 80.8 Å². The first kappa shape index (κ1) is 13.5. The summed E-state index contributed by atoms with van der Waals surface area (Å²) in [6.07, 6.45) is -2.54. The van der Waals surface area contributed by atoms with Crippen molar-refractivity contribution in [2.75, 3.05) is 0 Å². The summed E-state index contributed by atoms with van der Waals surface area (Å²) in [7, 11) is 0. The van der Waals surface area contributed by atoms with E-state index in [-0.39, 0.29) is 68.9 Å². The molecule has 0 aromatic rings. The fourth-order valence-electron chi connectivity index (χ4n) is 0.253. The Bertz CT molecular complexity index is 134. The van der Waals surface area contributed by atoms with Crippen LogP contribution in [0.15, 0.2) is 0 Å². The molecule has 0 radical (unpaired) electrons. The number of carboxylic acids is 2. The van der Waals surface area contributed by atoms with Crippen molar-refractivity contribution < 1.29 is 93.8 Å². The van der Waals surface area contributed by atoms with Gasteiger partial charge in [0.2, 0.25) is 0 Å². The molecular formula is C4H6CsO5+. The first-order valence-electron chi connectivity index (χ1n) is 2.16. The molecule has 0 aromatic heterocycles. The Morgan fingerprint density at radius 3 is 1.80 bits per heavy atom. The van der Waals surface area contributed by atoms with Gasteiger partial charge in [-0.2, -0.15) is 0 Å². The maximum absolute atomic E-state index is 9.72. The van der Waals surface area contributed by atoms with Crippen molar-refractivity contribution in [1.82, 2.24) is 0 Å². The molecule has 0 spiro atoms. The standard InChI is InChI=1S/C4H6O5.Cs/c5-2(4(8)9)1-3(6)7;/h2,5H,1H2,(H,6,7)(H,8,9);/q;+1. The van der Waals surface area contributed by atoms with Crippen molar-refractivity contribution >= 4 is 11.9 Å². The van der Waals surface area contributed by atoms with Crippen LogP contribution in [0.25, 0.3) is 0 Å². The Kier molecular flexibility index (Phi) is 9.00. The molecule has 0 bridgehead atoms. The molecule has 0 aromatic carbocycles. The van der Waals surface area contributed by atoms with Crippen LogP contribution in [0.3, 0.4) is 0 Å². The Balaban J connectivity index is 0. The van der Waals surface area contributed by atoms with Crippen molar-refractivity contribution in [1.29, 1.82) is 0 Å². The summed E-state index contributed by atoms with van der Waals surface area (Å²) >= 11 is 0. The minimum absolute atomic E-state index is 0. The van der Waals surface area contributed by atoms with E-state index in [0.717, 1.165) is 0 Å². The second kappa shape index (κ2) is 6.65. The van der Waals surface area contributed by atoms with Crippen LogP contribution in [0.5, 0.6) is 0 Å². The van der Waals surface area contributed by atoms with E-state index in [2.05, 4.69) is 0 Å². The van der Waals surface area contributed by atoms with Gasteiger partial charge in [-0.15, -0.1) is 0 Å². The number of rotatable bonds is 3. The van der Waals surface area contributed by atoms with Crippen molar-refractivity contribution in [2.24, 2.45) is 0 Å². The second-order valence-corrected chi connectivity index (χ2v) is 1.45.